The highest BCUT2D eigenvalue weighted by molar-refractivity contribution is 7.15. The molecule has 6 heteroatoms. The number of rotatable bonds is 4. The minimum atomic E-state index is 0.0803. The van der Waals surface area contributed by atoms with Gasteiger partial charge in [-0.15, -0.1) is 11.3 Å². The van der Waals surface area contributed by atoms with E-state index in [9.17, 15) is 4.79 Å². The van der Waals surface area contributed by atoms with Crippen LogP contribution in [0, 0.1) is 5.92 Å². The Labute approximate surface area is 130 Å². The summed E-state index contributed by atoms with van der Waals surface area (Å²) in [5.74, 6) is 0.269. The van der Waals surface area contributed by atoms with Gasteiger partial charge in [-0.3, -0.25) is 4.79 Å². The van der Waals surface area contributed by atoms with Crippen molar-refractivity contribution in [2.45, 2.75) is 19.3 Å². The highest BCUT2D eigenvalue weighted by atomic mass is 35.5. The van der Waals surface area contributed by atoms with E-state index in [1.54, 1.807) is 12.3 Å². The van der Waals surface area contributed by atoms with Crippen LogP contribution in [0.15, 0.2) is 24.4 Å². The highest BCUT2D eigenvalue weighted by Gasteiger charge is 2.30. The lowest BCUT2D eigenvalue weighted by Gasteiger charge is -2.01. The molecule has 1 amide bonds. The summed E-state index contributed by atoms with van der Waals surface area (Å²) in [5, 5.41) is 4.76. The van der Waals surface area contributed by atoms with Crippen molar-refractivity contribution in [3.05, 3.63) is 44.9 Å². The van der Waals surface area contributed by atoms with Crippen molar-refractivity contribution < 1.29 is 4.79 Å². The summed E-state index contributed by atoms with van der Waals surface area (Å²) in [6.45, 7) is 0. The maximum atomic E-state index is 11.7. The number of hydrogen-bond acceptors (Lipinski definition) is 3. The predicted molar refractivity (Wildman–Crippen MR) is 82.7 cm³/mol. The molecular weight excluding hydrogens is 315 g/mol. The van der Waals surface area contributed by atoms with Gasteiger partial charge < -0.3 is 5.32 Å². The standard InChI is InChI=1S/C14H12Cl2N2OS/c15-10-3-8(4-11(16)6-10)5-12-7-17-14(20-12)18-13(19)9-1-2-9/h3-4,6-7,9H,1-2,5H2,(H,17,18,19). The Morgan fingerprint density at radius 1 is 1.30 bits per heavy atom. The quantitative estimate of drug-likeness (QED) is 0.905. The SMILES string of the molecule is O=C(Nc1ncc(Cc2cc(Cl)cc(Cl)c2)s1)C1CC1. The topological polar surface area (TPSA) is 42.0 Å². The van der Waals surface area contributed by atoms with Crippen molar-refractivity contribution in [1.29, 1.82) is 0 Å². The lowest BCUT2D eigenvalue weighted by molar-refractivity contribution is -0.117. The Morgan fingerprint density at radius 2 is 2.00 bits per heavy atom. The largest absolute Gasteiger partial charge is 0.302 e. The average molecular weight is 327 g/mol. The first-order valence-corrected chi connectivity index (χ1v) is 7.88. The molecule has 0 saturated heterocycles. The van der Waals surface area contributed by atoms with Crippen LogP contribution in [-0.2, 0) is 11.2 Å². The number of nitrogens with one attached hydrogen (secondary N) is 1. The van der Waals surface area contributed by atoms with Gasteiger partial charge in [0, 0.05) is 33.5 Å². The number of carbonyl (C=O) groups excluding carboxylic acids is 1. The fourth-order valence-electron chi connectivity index (χ4n) is 1.91. The Hall–Kier alpha value is -1.10. The zero-order valence-electron chi connectivity index (χ0n) is 10.5. The Kier molecular flexibility index (Phi) is 3.96. The summed E-state index contributed by atoms with van der Waals surface area (Å²) in [6.07, 6.45) is 4.47. The molecule has 0 unspecified atom stereocenters. The highest BCUT2D eigenvalue weighted by Crippen LogP contribution is 2.31. The lowest BCUT2D eigenvalue weighted by atomic mass is 10.1. The third-order valence-corrected chi connectivity index (χ3v) is 4.38. The number of carbonyl (C=O) groups is 1. The number of benzene rings is 1. The fourth-order valence-corrected chi connectivity index (χ4v) is 3.34. The van der Waals surface area contributed by atoms with Crippen molar-refractivity contribution in [3.63, 3.8) is 0 Å². The number of halogens is 2. The van der Waals surface area contributed by atoms with E-state index < -0.39 is 0 Å². The molecule has 1 N–H and O–H groups in total. The molecular formula is C14H12Cl2N2OS. The summed E-state index contributed by atoms with van der Waals surface area (Å²) in [6, 6.07) is 5.48. The van der Waals surface area contributed by atoms with Crippen LogP contribution in [0.4, 0.5) is 5.13 Å². The average Bonchev–Trinajstić information content (AvgIpc) is 3.12. The van der Waals surface area contributed by atoms with E-state index in [0.717, 1.165) is 23.3 Å². The van der Waals surface area contributed by atoms with E-state index in [2.05, 4.69) is 10.3 Å². The number of anilines is 1. The number of aromatic nitrogens is 1. The van der Waals surface area contributed by atoms with Crippen LogP contribution >= 0.6 is 34.5 Å². The van der Waals surface area contributed by atoms with Crippen molar-refractivity contribution in [3.8, 4) is 0 Å². The summed E-state index contributed by atoms with van der Waals surface area (Å²) in [5.41, 5.74) is 1.03. The van der Waals surface area contributed by atoms with Gasteiger partial charge >= 0.3 is 0 Å². The minimum Gasteiger partial charge on any atom is -0.302 e. The normalized spacial score (nSPS) is 14.3. The molecule has 1 fully saturated rings. The zero-order chi connectivity index (χ0) is 14.1. The van der Waals surface area contributed by atoms with Gasteiger partial charge in [0.15, 0.2) is 5.13 Å². The first-order valence-electron chi connectivity index (χ1n) is 6.31. The second kappa shape index (κ2) is 5.72. The maximum absolute atomic E-state index is 11.7. The molecule has 0 radical (unpaired) electrons. The molecule has 0 spiro atoms. The van der Waals surface area contributed by atoms with E-state index in [0.29, 0.717) is 21.6 Å². The smallest absolute Gasteiger partial charge is 0.229 e. The van der Waals surface area contributed by atoms with E-state index in [-0.39, 0.29) is 11.8 Å². The van der Waals surface area contributed by atoms with Gasteiger partial charge in [0.2, 0.25) is 5.91 Å². The number of amides is 1. The molecule has 20 heavy (non-hydrogen) atoms. The van der Waals surface area contributed by atoms with Gasteiger partial charge in [-0.05, 0) is 36.6 Å². The monoisotopic (exact) mass is 326 g/mol. The van der Waals surface area contributed by atoms with E-state index in [1.165, 1.54) is 11.3 Å². The molecule has 1 aliphatic carbocycles. The van der Waals surface area contributed by atoms with Gasteiger partial charge in [0.05, 0.1) is 0 Å². The second-order valence-electron chi connectivity index (χ2n) is 4.85. The Balaban J connectivity index is 1.68. The van der Waals surface area contributed by atoms with E-state index >= 15 is 0 Å². The summed E-state index contributed by atoms with van der Waals surface area (Å²) in [7, 11) is 0. The van der Waals surface area contributed by atoms with E-state index in [4.69, 9.17) is 23.2 Å². The molecule has 2 aromatic rings. The number of hydrogen-bond donors (Lipinski definition) is 1. The summed E-state index contributed by atoms with van der Waals surface area (Å²) in [4.78, 5) is 16.9. The first kappa shape index (κ1) is 13.9. The lowest BCUT2D eigenvalue weighted by Crippen LogP contribution is -2.12. The van der Waals surface area contributed by atoms with Gasteiger partial charge in [-0.1, -0.05) is 23.2 Å². The number of nitrogens with zero attached hydrogens (tertiary/aromatic N) is 1. The van der Waals surface area contributed by atoms with Crippen LogP contribution in [0.3, 0.4) is 0 Å². The number of thiazole rings is 1. The first-order chi connectivity index (χ1) is 9.60. The van der Waals surface area contributed by atoms with Crippen molar-refractivity contribution in [2.75, 3.05) is 5.32 Å². The predicted octanol–water partition coefficient (Wildman–Crippen LogP) is 4.39. The van der Waals surface area contributed by atoms with E-state index in [1.807, 2.05) is 12.1 Å². The van der Waals surface area contributed by atoms with Crippen LogP contribution < -0.4 is 5.32 Å². The molecule has 3 nitrogen and oxygen atoms in total. The van der Waals surface area contributed by atoms with Gasteiger partial charge in [-0.2, -0.15) is 0 Å². The molecule has 104 valence electrons. The zero-order valence-corrected chi connectivity index (χ0v) is 12.9. The molecule has 3 rings (SSSR count). The molecule has 0 atom stereocenters. The van der Waals surface area contributed by atoms with Crippen LogP contribution in [0.25, 0.3) is 0 Å². The minimum absolute atomic E-state index is 0.0803. The summed E-state index contributed by atoms with van der Waals surface area (Å²) < 4.78 is 0. The Morgan fingerprint density at radius 3 is 2.65 bits per heavy atom. The van der Waals surface area contributed by atoms with Crippen molar-refractivity contribution >= 4 is 45.6 Å². The van der Waals surface area contributed by atoms with Gasteiger partial charge in [0.1, 0.15) is 0 Å². The second-order valence-corrected chi connectivity index (χ2v) is 6.84. The molecule has 0 aliphatic heterocycles. The van der Waals surface area contributed by atoms with Crippen LogP contribution in [0.5, 0.6) is 0 Å². The van der Waals surface area contributed by atoms with Crippen LogP contribution in [0.2, 0.25) is 10.0 Å². The Bertz CT molecular complexity index is 632. The fraction of sp³-hybridized carbons (Fsp3) is 0.286. The molecule has 1 saturated carbocycles. The van der Waals surface area contributed by atoms with Crippen LogP contribution in [0.1, 0.15) is 23.3 Å². The van der Waals surface area contributed by atoms with Crippen LogP contribution in [-0.4, -0.2) is 10.9 Å². The third-order valence-electron chi connectivity index (χ3n) is 3.03. The molecule has 1 aromatic carbocycles. The third kappa shape index (κ3) is 3.51. The molecule has 0 bridgehead atoms. The molecule has 1 aliphatic rings. The molecule has 1 aromatic heterocycles. The van der Waals surface area contributed by atoms with Gasteiger partial charge in [-0.25, -0.2) is 4.98 Å². The summed E-state index contributed by atoms with van der Waals surface area (Å²) >= 11 is 13.4. The van der Waals surface area contributed by atoms with Crippen molar-refractivity contribution in [1.82, 2.24) is 4.98 Å². The van der Waals surface area contributed by atoms with Gasteiger partial charge in [0.25, 0.3) is 0 Å². The molecule has 1 heterocycles. The maximum Gasteiger partial charge on any atom is 0.229 e. The van der Waals surface area contributed by atoms with Crippen molar-refractivity contribution in [2.24, 2.45) is 5.92 Å².